The van der Waals surface area contributed by atoms with Crippen molar-refractivity contribution >= 4 is 11.8 Å². The fourth-order valence-electron chi connectivity index (χ4n) is 3.21. The summed E-state index contributed by atoms with van der Waals surface area (Å²) in [5.41, 5.74) is -0.244. The summed E-state index contributed by atoms with van der Waals surface area (Å²) in [4.78, 5) is 38.6. The van der Waals surface area contributed by atoms with E-state index >= 15 is 0 Å². The van der Waals surface area contributed by atoms with Gasteiger partial charge < -0.3 is 19.6 Å². The van der Waals surface area contributed by atoms with Gasteiger partial charge >= 0.3 is 0 Å². The molecule has 1 atom stereocenters. The van der Waals surface area contributed by atoms with Crippen LogP contribution in [0.2, 0.25) is 0 Å². The number of carbonyl (C=O) groups excluding carboxylic acids is 2. The molecular weight excluding hydrogens is 413 g/mol. The van der Waals surface area contributed by atoms with E-state index in [9.17, 15) is 18.8 Å². The number of furan rings is 1. The van der Waals surface area contributed by atoms with Gasteiger partial charge in [0.15, 0.2) is 0 Å². The second kappa shape index (κ2) is 10.6. The van der Waals surface area contributed by atoms with Crippen molar-refractivity contribution in [1.82, 2.24) is 15.2 Å². The molecule has 0 unspecified atom stereocenters. The lowest BCUT2D eigenvalue weighted by atomic mass is 10.1. The van der Waals surface area contributed by atoms with Crippen LogP contribution in [0, 0.1) is 5.82 Å². The standard InChI is InChI=1S/C24H26FN3O4/c1-3-4-11-26-23(30)20-14-28(13-19-6-5-12-32-19)15-21(22(20)29)24(31)27-16(2)17-7-9-18(25)10-8-17/h5-10,12,14-16H,3-4,11,13H2,1-2H3,(H,26,30)(H,27,31)/t16-/m1/s1. The smallest absolute Gasteiger partial charge is 0.257 e. The third-order valence-corrected chi connectivity index (χ3v) is 5.02. The van der Waals surface area contributed by atoms with E-state index in [1.54, 1.807) is 35.8 Å². The minimum atomic E-state index is -0.654. The zero-order valence-electron chi connectivity index (χ0n) is 18.1. The molecule has 0 spiro atoms. The van der Waals surface area contributed by atoms with Gasteiger partial charge in [0.2, 0.25) is 5.43 Å². The number of halogens is 1. The van der Waals surface area contributed by atoms with Crippen LogP contribution in [-0.4, -0.2) is 22.9 Å². The van der Waals surface area contributed by atoms with Crippen molar-refractivity contribution in [1.29, 1.82) is 0 Å². The lowest BCUT2D eigenvalue weighted by molar-refractivity contribution is 0.0938. The van der Waals surface area contributed by atoms with Gasteiger partial charge in [-0.05, 0) is 43.2 Å². The van der Waals surface area contributed by atoms with Crippen LogP contribution in [-0.2, 0) is 6.54 Å². The van der Waals surface area contributed by atoms with Crippen molar-refractivity contribution in [2.45, 2.75) is 39.3 Å². The topological polar surface area (TPSA) is 93.3 Å². The zero-order chi connectivity index (χ0) is 23.1. The van der Waals surface area contributed by atoms with E-state index in [2.05, 4.69) is 10.6 Å². The Morgan fingerprint density at radius 2 is 1.78 bits per heavy atom. The maximum absolute atomic E-state index is 13.2. The number of nitrogens with one attached hydrogen (secondary N) is 2. The monoisotopic (exact) mass is 439 g/mol. The molecule has 2 aromatic heterocycles. The molecule has 0 fully saturated rings. The lowest BCUT2D eigenvalue weighted by Crippen LogP contribution is -2.36. The highest BCUT2D eigenvalue weighted by Crippen LogP contribution is 2.14. The van der Waals surface area contributed by atoms with Gasteiger partial charge in [-0.1, -0.05) is 25.5 Å². The Labute approximate surface area is 185 Å². The van der Waals surface area contributed by atoms with Gasteiger partial charge in [-0.25, -0.2) is 4.39 Å². The number of benzene rings is 1. The maximum atomic E-state index is 13.2. The Kier molecular flexibility index (Phi) is 7.59. The molecule has 2 heterocycles. The summed E-state index contributed by atoms with van der Waals surface area (Å²) in [6.45, 7) is 4.41. The lowest BCUT2D eigenvalue weighted by Gasteiger charge is -2.16. The van der Waals surface area contributed by atoms with Crippen molar-refractivity contribution in [3.63, 3.8) is 0 Å². The molecule has 8 heteroatoms. The Morgan fingerprint density at radius 1 is 1.09 bits per heavy atom. The van der Waals surface area contributed by atoms with E-state index in [1.165, 1.54) is 30.8 Å². The predicted molar refractivity (Wildman–Crippen MR) is 118 cm³/mol. The minimum Gasteiger partial charge on any atom is -0.467 e. The molecule has 0 saturated heterocycles. The van der Waals surface area contributed by atoms with Gasteiger partial charge in [0, 0.05) is 18.9 Å². The van der Waals surface area contributed by atoms with E-state index in [0.29, 0.717) is 17.9 Å². The van der Waals surface area contributed by atoms with E-state index in [4.69, 9.17) is 4.42 Å². The van der Waals surface area contributed by atoms with Crippen molar-refractivity contribution in [3.05, 3.63) is 93.5 Å². The summed E-state index contributed by atoms with van der Waals surface area (Å²) in [5, 5.41) is 5.47. The summed E-state index contributed by atoms with van der Waals surface area (Å²) in [6, 6.07) is 8.75. The first-order chi connectivity index (χ1) is 15.4. The van der Waals surface area contributed by atoms with Crippen LogP contribution in [0.3, 0.4) is 0 Å². The van der Waals surface area contributed by atoms with E-state index in [-0.39, 0.29) is 23.5 Å². The van der Waals surface area contributed by atoms with E-state index in [1.807, 2.05) is 6.92 Å². The van der Waals surface area contributed by atoms with Crippen LogP contribution in [0.5, 0.6) is 0 Å². The van der Waals surface area contributed by atoms with Crippen LogP contribution < -0.4 is 16.1 Å². The van der Waals surface area contributed by atoms with Gasteiger partial charge in [0.25, 0.3) is 11.8 Å². The Bertz CT molecular complexity index is 1120. The summed E-state index contributed by atoms with van der Waals surface area (Å²) in [6.07, 6.45) is 6.02. The number of aromatic nitrogens is 1. The first kappa shape index (κ1) is 23.0. The number of carbonyl (C=O) groups is 2. The normalized spacial score (nSPS) is 11.7. The molecule has 2 amide bonds. The SMILES string of the molecule is CCCCNC(=O)c1cn(Cc2ccco2)cc(C(=O)N[C@H](C)c2ccc(F)cc2)c1=O. The van der Waals surface area contributed by atoms with Gasteiger partial charge in [0.05, 0.1) is 18.8 Å². The average molecular weight is 439 g/mol. The highest BCUT2D eigenvalue weighted by molar-refractivity contribution is 5.99. The summed E-state index contributed by atoms with van der Waals surface area (Å²) >= 11 is 0. The number of pyridine rings is 1. The Morgan fingerprint density at radius 3 is 2.41 bits per heavy atom. The minimum absolute atomic E-state index is 0.116. The molecule has 0 radical (unpaired) electrons. The first-order valence-electron chi connectivity index (χ1n) is 10.5. The van der Waals surface area contributed by atoms with Crippen LogP contribution >= 0.6 is 0 Å². The van der Waals surface area contributed by atoms with Crippen molar-refractivity contribution in [3.8, 4) is 0 Å². The third-order valence-electron chi connectivity index (χ3n) is 5.02. The second-order valence-electron chi connectivity index (χ2n) is 7.52. The van der Waals surface area contributed by atoms with Gasteiger partial charge in [-0.3, -0.25) is 14.4 Å². The molecule has 0 bridgehead atoms. The Hall–Kier alpha value is -3.68. The number of amides is 2. The molecular formula is C24H26FN3O4. The fourth-order valence-corrected chi connectivity index (χ4v) is 3.21. The number of nitrogens with zero attached hydrogens (tertiary/aromatic N) is 1. The van der Waals surface area contributed by atoms with Crippen LogP contribution in [0.15, 0.2) is 64.3 Å². The van der Waals surface area contributed by atoms with Gasteiger partial charge in [0.1, 0.15) is 22.7 Å². The molecule has 0 aliphatic carbocycles. The molecule has 1 aromatic carbocycles. The van der Waals surface area contributed by atoms with Crippen LogP contribution in [0.4, 0.5) is 4.39 Å². The van der Waals surface area contributed by atoms with Crippen molar-refractivity contribution in [2.24, 2.45) is 0 Å². The number of unbranched alkanes of at least 4 members (excludes halogenated alkanes) is 1. The third kappa shape index (κ3) is 5.72. The molecule has 32 heavy (non-hydrogen) atoms. The van der Waals surface area contributed by atoms with Crippen LogP contribution in [0.25, 0.3) is 0 Å². The fraction of sp³-hybridized carbons (Fsp3) is 0.292. The van der Waals surface area contributed by atoms with Gasteiger partial charge in [-0.15, -0.1) is 0 Å². The van der Waals surface area contributed by atoms with Crippen LogP contribution in [0.1, 0.15) is 64.8 Å². The summed E-state index contributed by atoms with van der Waals surface area (Å²) in [5.74, 6) is -0.923. The highest BCUT2D eigenvalue weighted by atomic mass is 19.1. The molecule has 3 rings (SSSR count). The average Bonchev–Trinajstić information content (AvgIpc) is 3.28. The second-order valence-corrected chi connectivity index (χ2v) is 7.52. The van der Waals surface area contributed by atoms with E-state index < -0.39 is 23.3 Å². The molecule has 2 N–H and O–H groups in total. The van der Waals surface area contributed by atoms with Gasteiger partial charge in [-0.2, -0.15) is 0 Å². The Balaban J connectivity index is 1.90. The first-order valence-corrected chi connectivity index (χ1v) is 10.5. The molecule has 0 aliphatic rings. The molecule has 0 aliphatic heterocycles. The predicted octanol–water partition coefficient (Wildman–Crippen LogP) is 3.65. The number of hydrogen-bond donors (Lipinski definition) is 2. The highest BCUT2D eigenvalue weighted by Gasteiger charge is 2.21. The largest absolute Gasteiger partial charge is 0.467 e. The zero-order valence-corrected chi connectivity index (χ0v) is 18.1. The molecule has 0 saturated carbocycles. The summed E-state index contributed by atoms with van der Waals surface area (Å²) in [7, 11) is 0. The molecule has 3 aromatic rings. The summed E-state index contributed by atoms with van der Waals surface area (Å²) < 4.78 is 20.1. The molecule has 7 nitrogen and oxygen atoms in total. The number of rotatable bonds is 9. The molecule has 168 valence electrons. The number of hydrogen-bond acceptors (Lipinski definition) is 4. The quantitative estimate of drug-likeness (QED) is 0.498. The van der Waals surface area contributed by atoms with Crippen molar-refractivity contribution in [2.75, 3.05) is 6.54 Å². The van der Waals surface area contributed by atoms with Crippen molar-refractivity contribution < 1.29 is 18.4 Å². The van der Waals surface area contributed by atoms with E-state index in [0.717, 1.165) is 12.8 Å². The maximum Gasteiger partial charge on any atom is 0.257 e.